The molecule has 1 heterocycles. The van der Waals surface area contributed by atoms with Crippen LogP contribution < -0.4 is 10.1 Å². The number of hydrogen-bond acceptors (Lipinski definition) is 4. The van der Waals surface area contributed by atoms with Crippen LogP contribution in [-0.4, -0.2) is 16.4 Å². The second-order valence-electron chi connectivity index (χ2n) is 7.60. The molecule has 3 aliphatic carbocycles. The lowest BCUT2D eigenvalue weighted by atomic mass is 9.56. The number of benzene rings is 2. The fraction of sp³-hybridized carbons (Fsp3) is 0.333. The topological polar surface area (TPSA) is 55.4 Å². The minimum atomic E-state index is -0.319. The van der Waals surface area contributed by atoms with Gasteiger partial charge in [0.2, 0.25) is 5.91 Å². The molecule has 2 aromatic carbocycles. The van der Waals surface area contributed by atoms with E-state index >= 15 is 0 Å². The van der Waals surface area contributed by atoms with Gasteiger partial charge in [0.15, 0.2) is 0 Å². The van der Waals surface area contributed by atoms with Crippen molar-refractivity contribution in [1.29, 1.82) is 0 Å². The first-order chi connectivity index (χ1) is 13.0. The van der Waals surface area contributed by atoms with Crippen molar-refractivity contribution in [3.63, 3.8) is 0 Å². The van der Waals surface area contributed by atoms with Gasteiger partial charge in [-0.15, -0.1) is 0 Å². The highest BCUT2D eigenvalue weighted by molar-refractivity contribution is 8.15. The van der Waals surface area contributed by atoms with Crippen LogP contribution in [0, 0.1) is 12.8 Å². The lowest BCUT2D eigenvalue weighted by Gasteiger charge is -2.49. The van der Waals surface area contributed by atoms with Gasteiger partial charge in [-0.2, -0.15) is 0 Å². The first-order valence-electron chi connectivity index (χ1n) is 9.09. The first-order valence-corrected chi connectivity index (χ1v) is 10.3. The standard InChI is InChI=1S/C21H18ClNO3S/c1-10-2-5-17(16(22)6-10)26-13-3-4-14-15(9-13)11-7-12(8-11)18(14)19-20(24)23-21(25)27-19/h2-6,9,11-12,18-19H,7-8H2,1H3,(H,23,24,25). The molecule has 6 heteroatoms. The van der Waals surface area contributed by atoms with Crippen LogP contribution in [0.4, 0.5) is 4.79 Å². The average molecular weight is 400 g/mol. The molecular weight excluding hydrogens is 382 g/mol. The lowest BCUT2D eigenvalue weighted by molar-refractivity contribution is -0.119. The first kappa shape index (κ1) is 17.1. The summed E-state index contributed by atoms with van der Waals surface area (Å²) < 4.78 is 6.02. The number of amides is 2. The van der Waals surface area contributed by atoms with Crippen molar-refractivity contribution >= 4 is 34.5 Å². The predicted octanol–water partition coefficient (Wildman–Crippen LogP) is 5.38. The van der Waals surface area contributed by atoms with Gasteiger partial charge in [0.05, 0.1) is 5.02 Å². The van der Waals surface area contributed by atoms with Crippen LogP contribution in [0.2, 0.25) is 5.02 Å². The van der Waals surface area contributed by atoms with Gasteiger partial charge in [0.1, 0.15) is 16.7 Å². The van der Waals surface area contributed by atoms with Crippen molar-refractivity contribution in [2.45, 2.75) is 36.9 Å². The summed E-state index contributed by atoms with van der Waals surface area (Å²) in [5.41, 5.74) is 3.52. The predicted molar refractivity (Wildman–Crippen MR) is 106 cm³/mol. The van der Waals surface area contributed by atoms with Crippen LogP contribution in [-0.2, 0) is 4.79 Å². The Morgan fingerprint density at radius 2 is 1.93 bits per heavy atom. The lowest BCUT2D eigenvalue weighted by Crippen LogP contribution is -2.41. The monoisotopic (exact) mass is 399 g/mol. The Labute approximate surface area is 166 Å². The third-order valence-corrected chi connectivity index (χ3v) is 7.27. The minimum absolute atomic E-state index is 0.0958. The van der Waals surface area contributed by atoms with Gasteiger partial charge < -0.3 is 4.74 Å². The molecule has 1 N–H and O–H groups in total. The molecule has 0 aromatic heterocycles. The molecular formula is C21H18ClNO3S. The van der Waals surface area contributed by atoms with Crippen molar-refractivity contribution < 1.29 is 14.3 Å². The smallest absolute Gasteiger partial charge is 0.286 e. The van der Waals surface area contributed by atoms with Gasteiger partial charge in [0.25, 0.3) is 5.24 Å². The van der Waals surface area contributed by atoms with Crippen molar-refractivity contribution in [3.05, 3.63) is 58.1 Å². The van der Waals surface area contributed by atoms with E-state index in [1.54, 1.807) is 0 Å². The molecule has 1 saturated heterocycles. The summed E-state index contributed by atoms with van der Waals surface area (Å²) in [5.74, 6) is 2.33. The highest BCUT2D eigenvalue weighted by Gasteiger charge is 2.51. The van der Waals surface area contributed by atoms with Gasteiger partial charge >= 0.3 is 0 Å². The molecule has 6 rings (SSSR count). The fourth-order valence-electron chi connectivity index (χ4n) is 4.57. The van der Waals surface area contributed by atoms with E-state index in [1.807, 2.05) is 31.2 Å². The van der Waals surface area contributed by atoms with Gasteiger partial charge in [-0.25, -0.2) is 0 Å². The molecule has 138 valence electrons. The van der Waals surface area contributed by atoms with E-state index < -0.39 is 0 Å². The zero-order valence-electron chi connectivity index (χ0n) is 14.7. The number of imide groups is 1. The summed E-state index contributed by atoms with van der Waals surface area (Å²) in [4.78, 5) is 23.9. The molecule has 2 fully saturated rings. The minimum Gasteiger partial charge on any atom is -0.456 e. The van der Waals surface area contributed by atoms with Gasteiger partial charge in [-0.05, 0) is 72.6 Å². The molecule has 1 saturated carbocycles. The summed E-state index contributed by atoms with van der Waals surface area (Å²) in [6, 6.07) is 11.8. The maximum atomic E-state index is 12.2. The molecule has 2 aromatic rings. The molecule has 0 radical (unpaired) electrons. The number of hydrogen-bond donors (Lipinski definition) is 1. The number of halogens is 1. The SMILES string of the molecule is Cc1ccc(Oc2ccc3c(c2)C2CC(C2)C3C2SC(=O)NC2=O)c(Cl)c1. The average Bonchev–Trinajstić information content (AvgIpc) is 2.93. The van der Waals surface area contributed by atoms with Crippen LogP contribution in [0.15, 0.2) is 36.4 Å². The number of carbonyl (C=O) groups is 2. The van der Waals surface area contributed by atoms with E-state index in [4.69, 9.17) is 16.3 Å². The van der Waals surface area contributed by atoms with Gasteiger partial charge in [0, 0.05) is 5.92 Å². The molecule has 2 unspecified atom stereocenters. The van der Waals surface area contributed by atoms with Crippen LogP contribution in [0.3, 0.4) is 0 Å². The number of nitrogens with one attached hydrogen (secondary N) is 1. The fourth-order valence-corrected chi connectivity index (χ4v) is 5.91. The van der Waals surface area contributed by atoms with Crippen molar-refractivity contribution in [2.75, 3.05) is 0 Å². The number of carbonyl (C=O) groups excluding carboxylic acids is 2. The normalized spacial score (nSPS) is 28.4. The van der Waals surface area contributed by atoms with E-state index in [1.165, 1.54) is 11.1 Å². The summed E-state index contributed by atoms with van der Waals surface area (Å²) in [6.07, 6.45) is 2.15. The third-order valence-electron chi connectivity index (χ3n) is 5.90. The summed E-state index contributed by atoms with van der Waals surface area (Å²) >= 11 is 7.43. The Balaban J connectivity index is 1.47. The van der Waals surface area contributed by atoms with E-state index in [9.17, 15) is 9.59 Å². The highest BCUT2D eigenvalue weighted by atomic mass is 35.5. The summed E-state index contributed by atoms with van der Waals surface area (Å²) in [6.45, 7) is 1.99. The zero-order chi connectivity index (χ0) is 18.7. The Bertz CT molecular complexity index is 970. The van der Waals surface area contributed by atoms with Crippen LogP contribution >= 0.6 is 23.4 Å². The number of thioether (sulfide) groups is 1. The molecule has 2 atom stereocenters. The maximum absolute atomic E-state index is 12.2. The molecule has 4 aliphatic rings. The van der Waals surface area contributed by atoms with E-state index in [0.717, 1.165) is 35.9 Å². The summed E-state index contributed by atoms with van der Waals surface area (Å²) in [5, 5.41) is 2.47. The molecule has 2 bridgehead atoms. The molecule has 2 amide bonds. The zero-order valence-corrected chi connectivity index (χ0v) is 16.3. The van der Waals surface area contributed by atoms with Crippen LogP contribution in [0.25, 0.3) is 0 Å². The molecule has 27 heavy (non-hydrogen) atoms. The second kappa shape index (κ2) is 6.28. The van der Waals surface area contributed by atoms with Gasteiger partial charge in [-0.3, -0.25) is 14.9 Å². The van der Waals surface area contributed by atoms with E-state index in [0.29, 0.717) is 22.6 Å². The summed E-state index contributed by atoms with van der Waals surface area (Å²) in [7, 11) is 0. The largest absolute Gasteiger partial charge is 0.456 e. The number of rotatable bonds is 3. The van der Waals surface area contributed by atoms with Gasteiger partial charge in [-0.1, -0.05) is 35.5 Å². The molecule has 1 aliphatic heterocycles. The third kappa shape index (κ3) is 2.84. The van der Waals surface area contributed by atoms with Crippen molar-refractivity contribution in [3.8, 4) is 11.5 Å². The van der Waals surface area contributed by atoms with Crippen LogP contribution in [0.1, 0.15) is 41.4 Å². The Kier molecular flexibility index (Phi) is 3.99. The maximum Gasteiger partial charge on any atom is 0.286 e. The molecule has 4 nitrogen and oxygen atoms in total. The Morgan fingerprint density at radius 3 is 2.63 bits per heavy atom. The van der Waals surface area contributed by atoms with Crippen LogP contribution in [0.5, 0.6) is 11.5 Å². The van der Waals surface area contributed by atoms with E-state index in [2.05, 4.69) is 17.4 Å². The number of aryl methyl sites for hydroxylation is 1. The number of ether oxygens (including phenoxy) is 1. The Morgan fingerprint density at radius 1 is 1.11 bits per heavy atom. The van der Waals surface area contributed by atoms with Crippen molar-refractivity contribution in [1.82, 2.24) is 5.32 Å². The quantitative estimate of drug-likeness (QED) is 0.752. The second-order valence-corrected chi connectivity index (χ2v) is 9.12. The molecule has 0 spiro atoms. The van der Waals surface area contributed by atoms with Crippen molar-refractivity contribution in [2.24, 2.45) is 5.92 Å². The van der Waals surface area contributed by atoms with E-state index in [-0.39, 0.29) is 22.3 Å². The Hall–Kier alpha value is -1.98. The highest BCUT2D eigenvalue weighted by Crippen LogP contribution is 2.59.